The third-order valence-electron chi connectivity index (χ3n) is 3.36. The molecule has 0 spiro atoms. The minimum atomic E-state index is 0.210. The van der Waals surface area contributed by atoms with Crippen molar-refractivity contribution in [3.05, 3.63) is 5.69 Å². The van der Waals surface area contributed by atoms with Gasteiger partial charge >= 0.3 is 0 Å². The number of nitrogen functional groups attached to an aromatic ring is 1. The summed E-state index contributed by atoms with van der Waals surface area (Å²) in [6.07, 6.45) is 1.93. The van der Waals surface area contributed by atoms with Gasteiger partial charge < -0.3 is 20.1 Å². The van der Waals surface area contributed by atoms with Crippen LogP contribution < -0.4 is 10.6 Å². The molecule has 0 aliphatic rings. The van der Waals surface area contributed by atoms with E-state index in [1.165, 1.54) is 0 Å². The van der Waals surface area contributed by atoms with Crippen LogP contribution in [0.1, 0.15) is 26.0 Å². The van der Waals surface area contributed by atoms with Gasteiger partial charge in [-0.3, -0.25) is 4.68 Å². The van der Waals surface area contributed by atoms with Crippen LogP contribution in [0.5, 0.6) is 0 Å². The third-order valence-corrected chi connectivity index (χ3v) is 3.36. The molecule has 20 heavy (non-hydrogen) atoms. The van der Waals surface area contributed by atoms with Crippen molar-refractivity contribution in [3.8, 4) is 0 Å². The first-order valence-corrected chi connectivity index (χ1v) is 7.12. The lowest BCUT2D eigenvalue weighted by Crippen LogP contribution is -2.40. The molecule has 0 amide bonds. The number of nitrogens with zero attached hydrogens (tertiary/aromatic N) is 3. The second kappa shape index (κ2) is 8.11. The highest BCUT2D eigenvalue weighted by Gasteiger charge is 2.22. The number of nitrogens with two attached hydrogens (primary N) is 1. The van der Waals surface area contributed by atoms with E-state index >= 15 is 0 Å². The summed E-state index contributed by atoms with van der Waals surface area (Å²) in [6, 6.07) is 0.210. The Hall–Kier alpha value is -1.27. The quantitative estimate of drug-likeness (QED) is 0.743. The highest BCUT2D eigenvalue weighted by Crippen LogP contribution is 2.28. The van der Waals surface area contributed by atoms with Crippen molar-refractivity contribution in [3.63, 3.8) is 0 Å². The SMILES string of the molecule is CCCc1nn(C)c(N(CCOC)C(C)COC)c1N. The van der Waals surface area contributed by atoms with Gasteiger partial charge in [0.2, 0.25) is 0 Å². The fraction of sp³-hybridized carbons (Fsp3) is 0.786. The molecule has 0 fully saturated rings. The van der Waals surface area contributed by atoms with Crippen LogP contribution in [0.15, 0.2) is 0 Å². The Kier molecular flexibility index (Phi) is 6.81. The molecule has 6 heteroatoms. The molecule has 1 rings (SSSR count). The standard InChI is InChI=1S/C14H28N4O2/c1-6-7-12-13(15)14(17(3)16-12)18(8-9-19-4)11(2)10-20-5/h11H,6-10,15H2,1-5H3. The fourth-order valence-electron chi connectivity index (χ4n) is 2.40. The van der Waals surface area contributed by atoms with Crippen LogP contribution in [0.2, 0.25) is 0 Å². The third kappa shape index (κ3) is 3.86. The molecule has 0 aliphatic carbocycles. The number of anilines is 2. The van der Waals surface area contributed by atoms with Crippen molar-refractivity contribution >= 4 is 11.5 Å². The zero-order valence-corrected chi connectivity index (χ0v) is 13.3. The maximum atomic E-state index is 6.29. The maximum Gasteiger partial charge on any atom is 0.150 e. The summed E-state index contributed by atoms with van der Waals surface area (Å²) in [6.45, 7) is 6.28. The number of aryl methyl sites for hydroxylation is 2. The summed E-state index contributed by atoms with van der Waals surface area (Å²) >= 11 is 0. The summed E-state index contributed by atoms with van der Waals surface area (Å²) in [5.74, 6) is 0.954. The maximum absolute atomic E-state index is 6.29. The second-order valence-electron chi connectivity index (χ2n) is 5.05. The first-order valence-electron chi connectivity index (χ1n) is 7.12. The lowest BCUT2D eigenvalue weighted by molar-refractivity contribution is 0.170. The van der Waals surface area contributed by atoms with Gasteiger partial charge in [0.15, 0.2) is 5.82 Å². The Morgan fingerprint density at radius 1 is 1.35 bits per heavy atom. The van der Waals surface area contributed by atoms with Gasteiger partial charge in [0.05, 0.1) is 30.6 Å². The van der Waals surface area contributed by atoms with Crippen LogP contribution >= 0.6 is 0 Å². The summed E-state index contributed by atoms with van der Waals surface area (Å²) in [5.41, 5.74) is 8.03. The van der Waals surface area contributed by atoms with Crippen LogP contribution in [-0.4, -0.2) is 49.8 Å². The summed E-state index contributed by atoms with van der Waals surface area (Å²) in [5, 5.41) is 4.54. The van der Waals surface area contributed by atoms with Crippen molar-refractivity contribution in [2.75, 3.05) is 44.6 Å². The van der Waals surface area contributed by atoms with Crippen LogP contribution in [0.4, 0.5) is 11.5 Å². The molecule has 1 atom stereocenters. The van der Waals surface area contributed by atoms with E-state index in [1.54, 1.807) is 14.2 Å². The Morgan fingerprint density at radius 2 is 2.05 bits per heavy atom. The molecule has 1 unspecified atom stereocenters. The van der Waals surface area contributed by atoms with Crippen molar-refractivity contribution < 1.29 is 9.47 Å². The summed E-state index contributed by atoms with van der Waals surface area (Å²) < 4.78 is 12.3. The molecule has 0 saturated carbocycles. The number of ether oxygens (including phenoxy) is 2. The van der Waals surface area contributed by atoms with Crippen molar-refractivity contribution in [2.24, 2.45) is 7.05 Å². The predicted octanol–water partition coefficient (Wildman–Crippen LogP) is 1.44. The number of aromatic nitrogens is 2. The van der Waals surface area contributed by atoms with Gasteiger partial charge in [-0.15, -0.1) is 0 Å². The monoisotopic (exact) mass is 284 g/mol. The molecule has 1 aromatic heterocycles. The second-order valence-corrected chi connectivity index (χ2v) is 5.05. The lowest BCUT2D eigenvalue weighted by atomic mass is 10.2. The molecular formula is C14H28N4O2. The van der Waals surface area contributed by atoms with Gasteiger partial charge in [-0.2, -0.15) is 5.10 Å². The minimum Gasteiger partial charge on any atom is -0.394 e. The molecule has 1 aromatic rings. The Balaban J connectivity index is 3.05. The Morgan fingerprint density at radius 3 is 2.60 bits per heavy atom. The zero-order valence-electron chi connectivity index (χ0n) is 13.3. The fourth-order valence-corrected chi connectivity index (χ4v) is 2.40. The van der Waals surface area contributed by atoms with E-state index in [0.717, 1.165) is 36.6 Å². The molecule has 0 aromatic carbocycles. The summed E-state index contributed by atoms with van der Waals surface area (Å²) in [7, 11) is 5.35. The molecular weight excluding hydrogens is 256 g/mol. The average molecular weight is 284 g/mol. The largest absolute Gasteiger partial charge is 0.394 e. The molecule has 116 valence electrons. The average Bonchev–Trinajstić information content (AvgIpc) is 2.67. The van der Waals surface area contributed by atoms with E-state index in [9.17, 15) is 0 Å². The minimum absolute atomic E-state index is 0.210. The van der Waals surface area contributed by atoms with Crippen molar-refractivity contribution in [2.45, 2.75) is 32.7 Å². The van der Waals surface area contributed by atoms with Crippen molar-refractivity contribution in [1.82, 2.24) is 9.78 Å². The Bertz CT molecular complexity index is 406. The zero-order chi connectivity index (χ0) is 15.1. The number of hydrogen-bond acceptors (Lipinski definition) is 5. The first kappa shape index (κ1) is 16.8. The molecule has 0 aliphatic heterocycles. The van der Waals surface area contributed by atoms with Gasteiger partial charge in [0.1, 0.15) is 0 Å². The van der Waals surface area contributed by atoms with Crippen LogP contribution in [-0.2, 0) is 22.9 Å². The van der Waals surface area contributed by atoms with Gasteiger partial charge in [-0.1, -0.05) is 13.3 Å². The first-order chi connectivity index (χ1) is 9.56. The van der Waals surface area contributed by atoms with Crippen LogP contribution in [0.3, 0.4) is 0 Å². The highest BCUT2D eigenvalue weighted by atomic mass is 16.5. The van der Waals surface area contributed by atoms with Crippen molar-refractivity contribution in [1.29, 1.82) is 0 Å². The summed E-state index contributed by atoms with van der Waals surface area (Å²) in [4.78, 5) is 2.20. The molecule has 0 bridgehead atoms. The predicted molar refractivity (Wildman–Crippen MR) is 82.2 cm³/mol. The number of rotatable bonds is 9. The van der Waals surface area contributed by atoms with Crippen LogP contribution in [0.25, 0.3) is 0 Å². The molecule has 0 radical (unpaired) electrons. The van der Waals surface area contributed by atoms with E-state index in [0.29, 0.717) is 13.2 Å². The van der Waals surface area contributed by atoms with Gasteiger partial charge in [-0.25, -0.2) is 0 Å². The van der Waals surface area contributed by atoms with E-state index in [1.807, 2.05) is 11.7 Å². The molecule has 0 saturated heterocycles. The lowest BCUT2D eigenvalue weighted by Gasteiger charge is -2.30. The molecule has 2 N–H and O–H groups in total. The number of hydrogen-bond donors (Lipinski definition) is 1. The molecule has 1 heterocycles. The topological polar surface area (TPSA) is 65.5 Å². The van der Waals surface area contributed by atoms with Gasteiger partial charge in [-0.05, 0) is 13.3 Å². The van der Waals surface area contributed by atoms with E-state index < -0.39 is 0 Å². The number of methoxy groups -OCH3 is 2. The van der Waals surface area contributed by atoms with Crippen LogP contribution in [0, 0.1) is 0 Å². The molecule has 6 nitrogen and oxygen atoms in total. The van der Waals surface area contributed by atoms with Gasteiger partial charge in [0.25, 0.3) is 0 Å². The van der Waals surface area contributed by atoms with E-state index in [-0.39, 0.29) is 6.04 Å². The Labute approximate surface area is 121 Å². The normalized spacial score (nSPS) is 12.7. The smallest absolute Gasteiger partial charge is 0.150 e. The van der Waals surface area contributed by atoms with E-state index in [2.05, 4.69) is 23.8 Å². The highest BCUT2D eigenvalue weighted by molar-refractivity contribution is 5.67. The van der Waals surface area contributed by atoms with E-state index in [4.69, 9.17) is 15.2 Å². The van der Waals surface area contributed by atoms with Gasteiger partial charge in [0, 0.05) is 27.8 Å².